The van der Waals surface area contributed by atoms with Crippen molar-refractivity contribution in [2.75, 3.05) is 18.5 Å². The van der Waals surface area contributed by atoms with Crippen LogP contribution in [0.25, 0.3) is 5.65 Å². The first-order valence-corrected chi connectivity index (χ1v) is 7.57. The number of aromatic nitrogens is 3. The Morgan fingerprint density at radius 1 is 1.35 bits per heavy atom. The lowest BCUT2D eigenvalue weighted by Gasteiger charge is -2.21. The molecular weight excluding hydrogens is 252 g/mol. The van der Waals surface area contributed by atoms with Crippen molar-refractivity contribution in [2.45, 2.75) is 39.0 Å². The molecule has 2 heterocycles. The van der Waals surface area contributed by atoms with Gasteiger partial charge >= 0.3 is 0 Å². The number of fused-ring (bicyclic) bond motifs is 1. The van der Waals surface area contributed by atoms with Crippen LogP contribution in [0.5, 0.6) is 5.88 Å². The van der Waals surface area contributed by atoms with E-state index in [9.17, 15) is 0 Å². The van der Waals surface area contributed by atoms with E-state index in [2.05, 4.69) is 22.2 Å². The molecule has 0 spiro atoms. The van der Waals surface area contributed by atoms with Gasteiger partial charge in [0.25, 0.3) is 5.88 Å². The predicted octanol–water partition coefficient (Wildman–Crippen LogP) is 3.12. The standard InChI is InChI=1S/C15H22N4O/c1-2-16-13-10-19-9-8-17-14(19)15(18-13)20-11-12-6-4-3-5-7-12/h8-10,12,16H,2-7,11H2,1H3. The van der Waals surface area contributed by atoms with Gasteiger partial charge in [-0.2, -0.15) is 4.98 Å². The summed E-state index contributed by atoms with van der Waals surface area (Å²) in [6, 6.07) is 0. The van der Waals surface area contributed by atoms with E-state index in [4.69, 9.17) is 4.74 Å². The summed E-state index contributed by atoms with van der Waals surface area (Å²) in [4.78, 5) is 8.86. The number of nitrogens with zero attached hydrogens (tertiary/aromatic N) is 3. The number of hydrogen-bond acceptors (Lipinski definition) is 4. The van der Waals surface area contributed by atoms with Crippen LogP contribution < -0.4 is 10.1 Å². The van der Waals surface area contributed by atoms with Crippen LogP contribution in [0.1, 0.15) is 39.0 Å². The summed E-state index contributed by atoms with van der Waals surface area (Å²) >= 11 is 0. The maximum atomic E-state index is 5.97. The number of hydrogen-bond donors (Lipinski definition) is 1. The molecule has 2 aromatic heterocycles. The third-order valence-electron chi connectivity index (χ3n) is 3.88. The van der Waals surface area contributed by atoms with E-state index in [0.29, 0.717) is 11.8 Å². The monoisotopic (exact) mass is 274 g/mol. The smallest absolute Gasteiger partial charge is 0.260 e. The second-order valence-electron chi connectivity index (χ2n) is 5.43. The molecule has 1 saturated carbocycles. The molecule has 108 valence electrons. The van der Waals surface area contributed by atoms with Gasteiger partial charge in [0.15, 0.2) is 0 Å². The Labute approximate surface area is 119 Å². The lowest BCUT2D eigenvalue weighted by molar-refractivity contribution is 0.204. The van der Waals surface area contributed by atoms with Gasteiger partial charge in [0.05, 0.1) is 12.8 Å². The number of anilines is 1. The van der Waals surface area contributed by atoms with Gasteiger partial charge in [-0.3, -0.25) is 4.40 Å². The van der Waals surface area contributed by atoms with Gasteiger partial charge in [0, 0.05) is 18.9 Å². The van der Waals surface area contributed by atoms with E-state index in [-0.39, 0.29) is 0 Å². The predicted molar refractivity (Wildman–Crippen MR) is 79.2 cm³/mol. The fourth-order valence-electron chi connectivity index (χ4n) is 2.82. The SMILES string of the molecule is CCNc1cn2ccnc2c(OCC2CCCCC2)n1. The number of imidazole rings is 1. The van der Waals surface area contributed by atoms with Crippen LogP contribution in [0, 0.1) is 5.92 Å². The summed E-state index contributed by atoms with van der Waals surface area (Å²) in [7, 11) is 0. The quantitative estimate of drug-likeness (QED) is 0.910. The van der Waals surface area contributed by atoms with E-state index >= 15 is 0 Å². The molecule has 0 unspecified atom stereocenters. The maximum absolute atomic E-state index is 5.97. The largest absolute Gasteiger partial charge is 0.475 e. The summed E-state index contributed by atoms with van der Waals surface area (Å²) in [6.07, 6.45) is 12.2. The molecule has 0 atom stereocenters. The van der Waals surface area contributed by atoms with Crippen molar-refractivity contribution >= 4 is 11.5 Å². The van der Waals surface area contributed by atoms with Crippen molar-refractivity contribution in [3.05, 3.63) is 18.6 Å². The second kappa shape index (κ2) is 6.11. The van der Waals surface area contributed by atoms with Crippen molar-refractivity contribution in [1.29, 1.82) is 0 Å². The van der Waals surface area contributed by atoms with Crippen molar-refractivity contribution in [1.82, 2.24) is 14.4 Å². The van der Waals surface area contributed by atoms with Crippen LogP contribution in [0.3, 0.4) is 0 Å². The van der Waals surface area contributed by atoms with Crippen molar-refractivity contribution < 1.29 is 4.74 Å². The molecule has 0 aromatic carbocycles. The molecule has 0 aliphatic heterocycles. The van der Waals surface area contributed by atoms with E-state index in [1.165, 1.54) is 32.1 Å². The molecule has 20 heavy (non-hydrogen) atoms. The van der Waals surface area contributed by atoms with Crippen LogP contribution in [0.2, 0.25) is 0 Å². The van der Waals surface area contributed by atoms with E-state index in [1.807, 2.05) is 16.8 Å². The maximum Gasteiger partial charge on any atom is 0.260 e. The van der Waals surface area contributed by atoms with Gasteiger partial charge in [-0.1, -0.05) is 19.3 Å². The Bertz CT molecular complexity index is 560. The van der Waals surface area contributed by atoms with Crippen molar-refractivity contribution in [3.63, 3.8) is 0 Å². The lowest BCUT2D eigenvalue weighted by atomic mass is 9.90. The topological polar surface area (TPSA) is 51.5 Å². The number of nitrogens with one attached hydrogen (secondary N) is 1. The molecule has 3 rings (SSSR count). The Hall–Kier alpha value is -1.78. The first kappa shape index (κ1) is 13.2. The zero-order valence-corrected chi connectivity index (χ0v) is 12.0. The summed E-state index contributed by atoms with van der Waals surface area (Å²) in [5, 5.41) is 3.23. The minimum Gasteiger partial charge on any atom is -0.475 e. The fourth-order valence-corrected chi connectivity index (χ4v) is 2.82. The Balaban J connectivity index is 1.76. The molecule has 5 nitrogen and oxygen atoms in total. The van der Waals surface area contributed by atoms with Crippen LogP contribution >= 0.6 is 0 Å². The third-order valence-corrected chi connectivity index (χ3v) is 3.88. The molecule has 0 saturated heterocycles. The molecule has 2 aromatic rings. The Morgan fingerprint density at radius 3 is 3.00 bits per heavy atom. The van der Waals surface area contributed by atoms with Crippen molar-refractivity contribution in [3.8, 4) is 5.88 Å². The minimum absolute atomic E-state index is 0.638. The average Bonchev–Trinajstić information content (AvgIpc) is 2.95. The summed E-state index contributed by atoms with van der Waals surface area (Å²) in [5.74, 6) is 2.14. The molecule has 0 bridgehead atoms. The minimum atomic E-state index is 0.638. The van der Waals surface area contributed by atoms with Gasteiger partial charge in [-0.25, -0.2) is 4.98 Å². The molecular formula is C15H22N4O. The van der Waals surface area contributed by atoms with E-state index in [1.54, 1.807) is 6.20 Å². The first-order chi connectivity index (χ1) is 9.86. The molecule has 0 amide bonds. The lowest BCUT2D eigenvalue weighted by Crippen LogP contribution is -2.16. The highest BCUT2D eigenvalue weighted by Gasteiger charge is 2.16. The molecule has 0 radical (unpaired) electrons. The number of ether oxygens (including phenoxy) is 1. The highest BCUT2D eigenvalue weighted by molar-refractivity contribution is 5.53. The van der Waals surface area contributed by atoms with Gasteiger partial charge in [0.2, 0.25) is 5.65 Å². The average molecular weight is 274 g/mol. The van der Waals surface area contributed by atoms with Gasteiger partial charge in [-0.15, -0.1) is 0 Å². The highest BCUT2D eigenvalue weighted by Crippen LogP contribution is 2.25. The van der Waals surface area contributed by atoms with Gasteiger partial charge in [-0.05, 0) is 25.7 Å². The summed E-state index contributed by atoms with van der Waals surface area (Å²) < 4.78 is 7.93. The highest BCUT2D eigenvalue weighted by atomic mass is 16.5. The van der Waals surface area contributed by atoms with Crippen LogP contribution in [-0.4, -0.2) is 27.5 Å². The molecule has 1 aliphatic carbocycles. The molecule has 1 N–H and O–H groups in total. The Morgan fingerprint density at radius 2 is 2.20 bits per heavy atom. The van der Waals surface area contributed by atoms with Gasteiger partial charge in [0.1, 0.15) is 5.82 Å². The van der Waals surface area contributed by atoms with E-state index < -0.39 is 0 Å². The molecule has 5 heteroatoms. The fraction of sp³-hybridized carbons (Fsp3) is 0.600. The normalized spacial score (nSPS) is 16.4. The van der Waals surface area contributed by atoms with Gasteiger partial charge < -0.3 is 10.1 Å². The summed E-state index contributed by atoms with van der Waals surface area (Å²) in [5.41, 5.74) is 0.794. The Kier molecular flexibility index (Phi) is 4.04. The zero-order chi connectivity index (χ0) is 13.8. The third kappa shape index (κ3) is 2.86. The summed E-state index contributed by atoms with van der Waals surface area (Å²) in [6.45, 7) is 3.66. The van der Waals surface area contributed by atoms with Crippen molar-refractivity contribution in [2.24, 2.45) is 5.92 Å². The van der Waals surface area contributed by atoms with Crippen LogP contribution in [0.4, 0.5) is 5.82 Å². The molecule has 1 aliphatic rings. The number of rotatable bonds is 5. The van der Waals surface area contributed by atoms with E-state index in [0.717, 1.165) is 24.6 Å². The van der Waals surface area contributed by atoms with Crippen LogP contribution in [0.15, 0.2) is 18.6 Å². The zero-order valence-electron chi connectivity index (χ0n) is 12.0. The first-order valence-electron chi connectivity index (χ1n) is 7.57. The van der Waals surface area contributed by atoms with Crippen LogP contribution in [-0.2, 0) is 0 Å². The second-order valence-corrected chi connectivity index (χ2v) is 5.43. The molecule has 1 fully saturated rings.